The summed E-state index contributed by atoms with van der Waals surface area (Å²) in [6.07, 6.45) is -0.289. The Kier molecular flexibility index (Phi) is 27.3. The van der Waals surface area contributed by atoms with E-state index >= 15 is 0 Å². The van der Waals surface area contributed by atoms with Crippen LogP contribution in [0.1, 0.15) is 115 Å². The van der Waals surface area contributed by atoms with Crippen molar-refractivity contribution in [2.75, 3.05) is 41.5 Å². The van der Waals surface area contributed by atoms with Gasteiger partial charge in [-0.1, -0.05) is 41.5 Å². The monoisotopic (exact) mass is 757 g/mol. The molecular weight excluding hydrogens is 676 g/mol. The molecule has 0 amide bonds. The van der Waals surface area contributed by atoms with Crippen LogP contribution in [0.4, 0.5) is 0 Å². The minimum absolute atomic E-state index is 0.0570. The second-order valence-electron chi connectivity index (χ2n) is 14.7. The molecule has 4 aliphatic rings. The van der Waals surface area contributed by atoms with Gasteiger partial charge in [0.1, 0.15) is 24.9 Å². The number of ether oxygens (including phenoxy) is 5. The van der Waals surface area contributed by atoms with Crippen LogP contribution in [0.25, 0.3) is 0 Å². The zero-order valence-electron chi connectivity index (χ0n) is 35.2. The number of rotatable bonds is 2. The fourth-order valence-electron chi connectivity index (χ4n) is 6.80. The maximum absolute atomic E-state index is 12.0. The molecule has 0 radical (unpaired) electrons. The molecule has 4 rings (SSSR count). The number of nitrogens with zero attached hydrogens (tertiary/aromatic N) is 1. The number of fused-ring (bicyclic) bond motifs is 2. The smallest absolute Gasteiger partial charge is 0.308 e. The Morgan fingerprint density at radius 2 is 1.40 bits per heavy atom. The summed E-state index contributed by atoms with van der Waals surface area (Å²) in [5.74, 6) is -0.323. The van der Waals surface area contributed by atoms with E-state index in [1.165, 1.54) is 7.11 Å². The third-order valence-corrected chi connectivity index (χ3v) is 9.57. The van der Waals surface area contributed by atoms with Crippen molar-refractivity contribution in [3.8, 4) is 0 Å². The fourth-order valence-corrected chi connectivity index (χ4v) is 6.80. The molecule has 0 aromatic rings. The van der Waals surface area contributed by atoms with Crippen LogP contribution in [0.5, 0.6) is 0 Å². The number of cyclic esters (lactones) is 1. The van der Waals surface area contributed by atoms with Gasteiger partial charge in [-0.2, -0.15) is 0 Å². The van der Waals surface area contributed by atoms with Gasteiger partial charge in [-0.15, -0.1) is 0 Å². The van der Waals surface area contributed by atoms with Crippen molar-refractivity contribution in [3.63, 3.8) is 0 Å². The van der Waals surface area contributed by atoms with Gasteiger partial charge in [0.05, 0.1) is 35.4 Å². The van der Waals surface area contributed by atoms with Crippen molar-refractivity contribution in [2.45, 2.75) is 187 Å². The normalized spacial score (nSPS) is 40.8. The zero-order chi connectivity index (χ0) is 41.0. The number of methoxy groups -OCH3 is 1. The molecule has 4 heterocycles. The summed E-state index contributed by atoms with van der Waals surface area (Å²) in [6.45, 7) is 21.9. The predicted molar refractivity (Wildman–Crippen MR) is 203 cm³/mol. The minimum atomic E-state index is -0.881. The number of aliphatic hydroxyl groups excluding tert-OH is 5. The van der Waals surface area contributed by atoms with E-state index in [1.807, 2.05) is 62.6 Å². The van der Waals surface area contributed by atoms with E-state index in [1.54, 1.807) is 20.8 Å². The van der Waals surface area contributed by atoms with E-state index in [4.69, 9.17) is 28.8 Å². The Morgan fingerprint density at radius 1 is 0.827 bits per heavy atom. The van der Waals surface area contributed by atoms with Crippen molar-refractivity contribution in [3.05, 3.63) is 0 Å². The van der Waals surface area contributed by atoms with E-state index in [2.05, 4.69) is 17.1 Å². The molecule has 0 saturated carbocycles. The second kappa shape index (κ2) is 26.7. The van der Waals surface area contributed by atoms with Crippen molar-refractivity contribution in [2.24, 2.45) is 11.8 Å². The third kappa shape index (κ3) is 19.0. The van der Waals surface area contributed by atoms with E-state index in [-0.39, 0.29) is 36.7 Å². The lowest BCUT2D eigenvalue weighted by molar-refractivity contribution is -0.263. The summed E-state index contributed by atoms with van der Waals surface area (Å²) < 4.78 is 26.7. The highest BCUT2D eigenvalue weighted by atomic mass is 16.6. The fraction of sp³-hybridized carbons (Fsp3) is 0.974. The molecule has 0 spiro atoms. The summed E-state index contributed by atoms with van der Waals surface area (Å²) in [7, 11) is 6.60. The summed E-state index contributed by atoms with van der Waals surface area (Å²) >= 11 is 0. The first-order valence-corrected chi connectivity index (χ1v) is 19.2. The molecule has 2 bridgehead atoms. The highest BCUT2D eigenvalue weighted by Crippen LogP contribution is 2.31. The van der Waals surface area contributed by atoms with E-state index in [9.17, 15) is 30.3 Å². The lowest BCUT2D eigenvalue weighted by atomic mass is 9.85. The number of hydrogen-bond donors (Lipinski definition) is 7. The number of carbonyl (C=O) groups excluding carboxylic acids is 1. The SMILES string of the molecule is CC.CC.CC1CC(N(C)C)CC(O)O1.CC1C[C@H]2C[C@](C)(O)C[C@@H](C)CNC(C)C(O2)C(O)COC1=O.CO.CO[C@]1(C)CC(O)O[C@@H](C)C1O. The first-order valence-electron chi connectivity index (χ1n) is 19.2. The van der Waals surface area contributed by atoms with Crippen molar-refractivity contribution in [1.29, 1.82) is 0 Å². The third-order valence-electron chi connectivity index (χ3n) is 9.57. The molecule has 0 aromatic heterocycles. The second-order valence-corrected chi connectivity index (χ2v) is 14.7. The minimum Gasteiger partial charge on any atom is -0.463 e. The van der Waals surface area contributed by atoms with E-state index < -0.39 is 48.2 Å². The molecule has 0 aliphatic carbocycles. The van der Waals surface area contributed by atoms with Gasteiger partial charge in [0.15, 0.2) is 12.6 Å². The van der Waals surface area contributed by atoms with Crippen LogP contribution in [0.2, 0.25) is 0 Å². The molecule has 14 atom stereocenters. The maximum atomic E-state index is 12.0. The number of hydrogen-bond acceptors (Lipinski definition) is 14. The van der Waals surface area contributed by atoms with Crippen LogP contribution in [-0.4, -0.2) is 155 Å². The molecule has 52 heavy (non-hydrogen) atoms. The van der Waals surface area contributed by atoms with Crippen LogP contribution in [0.3, 0.4) is 0 Å². The lowest BCUT2D eigenvalue weighted by Crippen LogP contribution is -2.55. The number of esters is 1. The van der Waals surface area contributed by atoms with Crippen LogP contribution >= 0.6 is 0 Å². The molecule has 4 fully saturated rings. The van der Waals surface area contributed by atoms with Gasteiger partial charge >= 0.3 is 5.97 Å². The van der Waals surface area contributed by atoms with Gasteiger partial charge in [0, 0.05) is 45.6 Å². The number of aliphatic hydroxyl groups is 6. The van der Waals surface area contributed by atoms with Crippen LogP contribution in [0, 0.1) is 11.8 Å². The Bertz CT molecular complexity index is 905. The van der Waals surface area contributed by atoms with E-state index in [0.717, 1.165) is 26.5 Å². The molecule has 9 unspecified atom stereocenters. The molecule has 4 saturated heterocycles. The first-order chi connectivity index (χ1) is 24.3. The summed E-state index contributed by atoms with van der Waals surface area (Å²) in [4.78, 5) is 14.1. The van der Waals surface area contributed by atoms with Gasteiger partial charge in [0.25, 0.3) is 0 Å². The van der Waals surface area contributed by atoms with Gasteiger partial charge in [-0.05, 0) is 80.4 Å². The maximum Gasteiger partial charge on any atom is 0.308 e. The number of nitrogens with one attached hydrogen (secondary N) is 1. The van der Waals surface area contributed by atoms with Crippen LogP contribution < -0.4 is 5.32 Å². The van der Waals surface area contributed by atoms with Gasteiger partial charge in [-0.25, -0.2) is 0 Å². The molecule has 14 heteroatoms. The summed E-state index contributed by atoms with van der Waals surface area (Å²) in [5, 5.41) is 59.6. The summed E-state index contributed by atoms with van der Waals surface area (Å²) in [6, 6.07) is 0.402. The Labute approximate surface area is 315 Å². The van der Waals surface area contributed by atoms with Crippen molar-refractivity contribution < 1.29 is 59.1 Å². The average Bonchev–Trinajstić information content (AvgIpc) is 3.13. The quantitative estimate of drug-likeness (QED) is 0.203. The van der Waals surface area contributed by atoms with Gasteiger partial charge in [0.2, 0.25) is 0 Å². The summed E-state index contributed by atoms with van der Waals surface area (Å²) in [5.41, 5.74) is -1.56. The Hall–Kier alpha value is -1.01. The average molecular weight is 757 g/mol. The van der Waals surface area contributed by atoms with Gasteiger partial charge < -0.3 is 64.5 Å². The van der Waals surface area contributed by atoms with E-state index in [0.29, 0.717) is 37.6 Å². The van der Waals surface area contributed by atoms with Gasteiger partial charge in [-0.3, -0.25) is 4.79 Å². The molecule has 14 nitrogen and oxygen atoms in total. The van der Waals surface area contributed by atoms with Crippen molar-refractivity contribution in [1.82, 2.24) is 10.2 Å². The molecule has 4 aliphatic heterocycles. The Balaban J connectivity index is 0. The zero-order valence-corrected chi connectivity index (χ0v) is 35.2. The first kappa shape index (κ1) is 53.1. The Morgan fingerprint density at radius 3 is 1.92 bits per heavy atom. The standard InChI is InChI=1S/C17H31NO5.C8H17NO2.C8H16O4.2C2H6.CH4O/c1-10-6-17(4,21)7-13-5-11(2)16(20)22-9-14(19)15(23-13)12(3)18-8-10;1-6-4-7(9(2)3)5-8(10)11-6;1-5-7(10)8(2,11-3)4-6(9)12-5;3*1-2/h10-15,18-19,21H,5-9H2,1-4H3;6-8,10H,4-5H2,1-3H3;5-7,9-10H,4H2,1-3H3;2*1-2H3;2H,1H3/t10-,11?,12?,13+,14?,15?,17-;;5-,6?,7?,8+;;;/m1.0.../s1. The highest BCUT2D eigenvalue weighted by Gasteiger charge is 2.44. The highest BCUT2D eigenvalue weighted by molar-refractivity contribution is 5.72. The molecule has 314 valence electrons. The lowest BCUT2D eigenvalue weighted by Gasteiger charge is -2.42. The van der Waals surface area contributed by atoms with Crippen LogP contribution in [-0.2, 0) is 28.5 Å². The molecule has 0 aromatic carbocycles. The predicted octanol–water partition coefficient (Wildman–Crippen LogP) is 2.82. The topological polar surface area (TPSA) is 200 Å². The number of carbonyl (C=O) groups is 1. The molecular formula is C38H80N2O12. The van der Waals surface area contributed by atoms with Crippen molar-refractivity contribution >= 4 is 5.97 Å². The largest absolute Gasteiger partial charge is 0.463 e. The molecule has 7 N–H and O–H groups in total. The van der Waals surface area contributed by atoms with Crippen LogP contribution in [0.15, 0.2) is 0 Å².